The number of carbonyl (C=O) groups is 1. The molecule has 0 amide bonds. The number of ether oxygens (including phenoxy) is 1. The Kier molecular flexibility index (Phi) is 5.05. The highest BCUT2D eigenvalue weighted by atomic mass is 19.4. The van der Waals surface area contributed by atoms with Gasteiger partial charge in [-0.25, -0.2) is 8.78 Å². The number of hydrogen-bond donors (Lipinski definition) is 0. The minimum absolute atomic E-state index is 0.0569. The van der Waals surface area contributed by atoms with Crippen LogP contribution in [0.15, 0.2) is 12.1 Å². The van der Waals surface area contributed by atoms with E-state index in [4.69, 9.17) is 0 Å². The van der Waals surface area contributed by atoms with E-state index in [2.05, 4.69) is 4.74 Å². The molecule has 0 saturated heterocycles. The molecular formula is C12H5F11O2. The first-order chi connectivity index (χ1) is 11.0. The van der Waals surface area contributed by atoms with Crippen LogP contribution in [0.1, 0.15) is 10.4 Å². The number of methoxy groups -OCH3 is 1. The molecule has 0 aliphatic heterocycles. The molecule has 25 heavy (non-hydrogen) atoms. The Labute approximate surface area is 131 Å². The van der Waals surface area contributed by atoms with Crippen LogP contribution < -0.4 is 4.74 Å². The molecule has 1 rings (SSSR count). The lowest BCUT2D eigenvalue weighted by molar-refractivity contribution is -0.386. The van der Waals surface area contributed by atoms with Crippen molar-refractivity contribution < 1.29 is 57.8 Å². The van der Waals surface area contributed by atoms with Crippen LogP contribution in [0.25, 0.3) is 0 Å². The van der Waals surface area contributed by atoms with Crippen molar-refractivity contribution in [2.24, 2.45) is 0 Å². The molecule has 0 saturated carbocycles. The third-order valence-corrected chi connectivity index (χ3v) is 2.92. The summed E-state index contributed by atoms with van der Waals surface area (Å²) in [5.74, 6) is -29.6. The van der Waals surface area contributed by atoms with E-state index in [-0.39, 0.29) is 6.07 Å². The zero-order chi connectivity index (χ0) is 20.0. The summed E-state index contributed by atoms with van der Waals surface area (Å²) in [6.45, 7) is 0. The predicted octanol–water partition coefficient (Wildman–Crippen LogP) is 4.62. The van der Waals surface area contributed by atoms with E-state index in [1.165, 1.54) is 0 Å². The van der Waals surface area contributed by atoms with Crippen molar-refractivity contribution in [3.8, 4) is 5.75 Å². The van der Waals surface area contributed by atoms with Gasteiger partial charge in [-0.2, -0.15) is 39.5 Å². The van der Waals surface area contributed by atoms with Crippen LogP contribution in [0.5, 0.6) is 5.75 Å². The maximum Gasteiger partial charge on any atom is 0.460 e. The number of benzene rings is 1. The van der Waals surface area contributed by atoms with Gasteiger partial charge >= 0.3 is 23.9 Å². The number of ketones is 1. The van der Waals surface area contributed by atoms with Gasteiger partial charge < -0.3 is 4.74 Å². The zero-order valence-electron chi connectivity index (χ0n) is 11.6. The highest BCUT2D eigenvalue weighted by molar-refractivity contribution is 6.04. The second kappa shape index (κ2) is 6.02. The fraction of sp³-hybridized carbons (Fsp3) is 0.417. The van der Waals surface area contributed by atoms with Crippen molar-refractivity contribution in [2.75, 3.05) is 7.11 Å². The highest BCUT2D eigenvalue weighted by Gasteiger charge is 2.83. The molecule has 0 atom stereocenters. The largest absolute Gasteiger partial charge is 0.496 e. The van der Waals surface area contributed by atoms with Gasteiger partial charge in [0.25, 0.3) is 0 Å². The van der Waals surface area contributed by atoms with Crippen molar-refractivity contribution in [1.82, 2.24) is 0 Å². The van der Waals surface area contributed by atoms with Crippen molar-refractivity contribution in [3.05, 3.63) is 29.3 Å². The molecule has 0 spiro atoms. The minimum atomic E-state index is -7.30. The first-order valence-electron chi connectivity index (χ1n) is 5.80. The summed E-state index contributed by atoms with van der Waals surface area (Å²) in [4.78, 5) is 11.4. The van der Waals surface area contributed by atoms with E-state index in [1.54, 1.807) is 0 Å². The molecule has 0 N–H and O–H groups in total. The average molecular weight is 390 g/mol. The summed E-state index contributed by atoms with van der Waals surface area (Å²) >= 11 is 0. The summed E-state index contributed by atoms with van der Waals surface area (Å²) < 4.78 is 145. The molecule has 1 aromatic carbocycles. The summed E-state index contributed by atoms with van der Waals surface area (Å²) in [5.41, 5.74) is -1.86. The van der Waals surface area contributed by atoms with Crippen LogP contribution in [-0.2, 0) is 0 Å². The molecule has 0 fully saturated rings. The van der Waals surface area contributed by atoms with E-state index >= 15 is 0 Å². The normalized spacial score (nSPS) is 13.8. The monoisotopic (exact) mass is 390 g/mol. The molecule has 0 aliphatic carbocycles. The predicted molar refractivity (Wildman–Crippen MR) is 58.1 cm³/mol. The third kappa shape index (κ3) is 3.11. The van der Waals surface area contributed by atoms with Gasteiger partial charge in [0, 0.05) is 6.07 Å². The first kappa shape index (κ1) is 21.0. The van der Waals surface area contributed by atoms with Gasteiger partial charge in [-0.05, 0) is 6.07 Å². The summed E-state index contributed by atoms with van der Waals surface area (Å²) in [6, 6.07) is -0.453. The van der Waals surface area contributed by atoms with Gasteiger partial charge in [0.15, 0.2) is 11.6 Å². The lowest BCUT2D eigenvalue weighted by Crippen LogP contribution is -2.63. The second-order valence-corrected chi connectivity index (χ2v) is 4.52. The Morgan fingerprint density at radius 1 is 0.840 bits per heavy atom. The Morgan fingerprint density at radius 2 is 1.28 bits per heavy atom. The number of halogens is 11. The number of Topliss-reactive ketones (excluding diaryl/α,β-unsaturated/α-hetero) is 1. The molecule has 0 heterocycles. The smallest absolute Gasteiger partial charge is 0.460 e. The van der Waals surface area contributed by atoms with Gasteiger partial charge in [-0.15, -0.1) is 0 Å². The van der Waals surface area contributed by atoms with Crippen molar-refractivity contribution in [3.63, 3.8) is 0 Å². The van der Waals surface area contributed by atoms with E-state index < -0.39 is 58.7 Å². The Morgan fingerprint density at radius 3 is 1.68 bits per heavy atom. The fourth-order valence-electron chi connectivity index (χ4n) is 1.56. The molecule has 0 radical (unpaired) electrons. The van der Waals surface area contributed by atoms with Crippen LogP contribution in [0, 0.1) is 11.6 Å². The maximum absolute atomic E-state index is 13.5. The lowest BCUT2D eigenvalue weighted by atomic mass is 9.95. The van der Waals surface area contributed by atoms with Crippen molar-refractivity contribution >= 4 is 5.78 Å². The van der Waals surface area contributed by atoms with E-state index in [1.807, 2.05) is 0 Å². The molecule has 0 unspecified atom stereocenters. The van der Waals surface area contributed by atoms with Gasteiger partial charge in [-0.1, -0.05) is 0 Å². The molecule has 0 bridgehead atoms. The van der Waals surface area contributed by atoms with Crippen molar-refractivity contribution in [1.29, 1.82) is 0 Å². The first-order valence-corrected chi connectivity index (χ1v) is 5.80. The van der Waals surface area contributed by atoms with Crippen LogP contribution in [-0.4, -0.2) is 36.8 Å². The molecule has 13 heteroatoms. The SMILES string of the molecule is COc1cc(F)c(F)cc1C(=O)C(F)(F)C(F)(F)C(F)(F)C(F)(F)F. The average Bonchev–Trinajstić information content (AvgIpc) is 2.47. The third-order valence-electron chi connectivity index (χ3n) is 2.92. The Bertz CT molecular complexity index is 678. The lowest BCUT2D eigenvalue weighted by Gasteiger charge is -2.32. The van der Waals surface area contributed by atoms with E-state index in [9.17, 15) is 53.1 Å². The summed E-state index contributed by atoms with van der Waals surface area (Å²) in [7, 11) is 0.587. The minimum Gasteiger partial charge on any atom is -0.496 e. The summed E-state index contributed by atoms with van der Waals surface area (Å²) in [6.07, 6.45) is -7.13. The van der Waals surface area contributed by atoms with E-state index in [0.717, 1.165) is 0 Å². The van der Waals surface area contributed by atoms with Crippen LogP contribution in [0.2, 0.25) is 0 Å². The number of hydrogen-bond acceptors (Lipinski definition) is 2. The number of carbonyl (C=O) groups excluding carboxylic acids is 1. The molecule has 1 aromatic rings. The van der Waals surface area contributed by atoms with Crippen molar-refractivity contribution in [2.45, 2.75) is 23.9 Å². The van der Waals surface area contributed by atoms with E-state index in [0.29, 0.717) is 7.11 Å². The molecule has 0 aromatic heterocycles. The maximum atomic E-state index is 13.5. The fourth-order valence-corrected chi connectivity index (χ4v) is 1.56. The van der Waals surface area contributed by atoms with Gasteiger partial charge in [0.1, 0.15) is 5.75 Å². The Hall–Kier alpha value is -2.08. The zero-order valence-corrected chi connectivity index (χ0v) is 11.6. The highest BCUT2D eigenvalue weighted by Crippen LogP contribution is 2.54. The van der Waals surface area contributed by atoms with Gasteiger partial charge in [0.05, 0.1) is 12.7 Å². The second-order valence-electron chi connectivity index (χ2n) is 4.52. The van der Waals surface area contributed by atoms with Crippen LogP contribution >= 0.6 is 0 Å². The van der Waals surface area contributed by atoms with Gasteiger partial charge in [0.2, 0.25) is 5.78 Å². The molecule has 2 nitrogen and oxygen atoms in total. The standard InChI is InChI=1S/C12H5F11O2/c1-25-7-3-6(14)5(13)2-4(7)8(24)9(15,16)10(17,18)11(19,20)12(21,22)23/h2-3H,1H3. The topological polar surface area (TPSA) is 26.3 Å². The quantitative estimate of drug-likeness (QED) is 0.542. The number of alkyl halides is 9. The molecule has 0 aliphatic rings. The van der Waals surface area contributed by atoms with Crippen LogP contribution in [0.4, 0.5) is 48.3 Å². The molecule has 142 valence electrons. The van der Waals surface area contributed by atoms with Gasteiger partial charge in [-0.3, -0.25) is 4.79 Å². The Balaban J connectivity index is 3.54. The number of rotatable bonds is 5. The molecular weight excluding hydrogens is 385 g/mol. The van der Waals surface area contributed by atoms with Crippen LogP contribution in [0.3, 0.4) is 0 Å². The summed E-state index contributed by atoms with van der Waals surface area (Å²) in [5, 5.41) is 0.